The summed E-state index contributed by atoms with van der Waals surface area (Å²) in [6.45, 7) is 0. The Hall–Kier alpha value is -4.75. The minimum atomic E-state index is 0.654. The van der Waals surface area contributed by atoms with Crippen LogP contribution in [0.2, 0.25) is 0 Å². The van der Waals surface area contributed by atoms with Crippen molar-refractivity contribution in [1.29, 1.82) is 0 Å². The Bertz CT molecular complexity index is 1770. The molecule has 0 bridgehead atoms. The van der Waals surface area contributed by atoms with Crippen LogP contribution in [0.5, 0.6) is 11.5 Å². The van der Waals surface area contributed by atoms with Gasteiger partial charge in [0.25, 0.3) is 0 Å². The van der Waals surface area contributed by atoms with Gasteiger partial charge < -0.3 is 9.47 Å². The lowest BCUT2D eigenvalue weighted by atomic mass is 10.2. The maximum Gasteiger partial charge on any atom is 0.235 e. The highest BCUT2D eigenvalue weighted by molar-refractivity contribution is 7.20. The molecule has 5 heterocycles. The number of rotatable bonds is 6. The summed E-state index contributed by atoms with van der Waals surface area (Å²) in [6, 6.07) is 21.0. The summed E-state index contributed by atoms with van der Waals surface area (Å²) in [5.74, 6) is 2.86. The zero-order valence-electron chi connectivity index (χ0n) is 20.0. The molecule has 0 saturated carbocycles. The van der Waals surface area contributed by atoms with Gasteiger partial charge in [0, 0.05) is 11.1 Å². The van der Waals surface area contributed by atoms with Gasteiger partial charge in [0.15, 0.2) is 21.7 Å². The van der Waals surface area contributed by atoms with Gasteiger partial charge in [-0.15, -0.1) is 20.4 Å². The fraction of sp³-hybridized carbons (Fsp3) is 0.0800. The number of methoxy groups -OCH3 is 2. The van der Waals surface area contributed by atoms with Crippen molar-refractivity contribution in [2.24, 2.45) is 0 Å². The molecule has 38 heavy (non-hydrogen) atoms. The molecule has 5 aromatic heterocycles. The molecule has 11 nitrogen and oxygen atoms in total. The van der Waals surface area contributed by atoms with Crippen LogP contribution in [0.3, 0.4) is 0 Å². The third-order valence-corrected chi connectivity index (χ3v) is 7.71. The monoisotopic (exact) mass is 539 g/mol. The number of ether oxygens (including phenoxy) is 2. The smallest absolute Gasteiger partial charge is 0.235 e. The first-order valence-electron chi connectivity index (χ1n) is 11.4. The summed E-state index contributed by atoms with van der Waals surface area (Å²) >= 11 is 2.85. The zero-order chi connectivity index (χ0) is 25.6. The second-order valence-electron chi connectivity index (χ2n) is 8.12. The van der Waals surface area contributed by atoms with Gasteiger partial charge in [0.1, 0.15) is 22.9 Å². The molecule has 0 fully saturated rings. The number of pyridine rings is 1. The summed E-state index contributed by atoms with van der Waals surface area (Å²) in [4.78, 5) is 6.22. The number of hydrogen-bond acceptors (Lipinski definition) is 11. The highest BCUT2D eigenvalue weighted by Gasteiger charge is 2.18. The SMILES string of the molecule is COc1ccc(-c2nnc3sc(-c4cccc(-c5nn6c(-c7ccc(OC)cc7)nnc6s5)n4)nn23)cc1. The maximum atomic E-state index is 5.25. The Balaban J connectivity index is 1.23. The van der Waals surface area contributed by atoms with Crippen molar-refractivity contribution in [1.82, 2.24) is 44.6 Å². The molecule has 7 rings (SSSR count). The third kappa shape index (κ3) is 3.76. The van der Waals surface area contributed by atoms with Crippen molar-refractivity contribution in [2.45, 2.75) is 0 Å². The normalized spacial score (nSPS) is 11.4. The largest absolute Gasteiger partial charge is 0.497 e. The number of fused-ring (bicyclic) bond motifs is 2. The minimum absolute atomic E-state index is 0.654. The van der Waals surface area contributed by atoms with Crippen LogP contribution in [0.1, 0.15) is 0 Å². The van der Waals surface area contributed by atoms with Crippen molar-refractivity contribution in [3.8, 4) is 55.7 Å². The summed E-state index contributed by atoms with van der Waals surface area (Å²) in [7, 11) is 3.27. The van der Waals surface area contributed by atoms with Crippen molar-refractivity contribution < 1.29 is 9.47 Å². The van der Waals surface area contributed by atoms with Gasteiger partial charge in [-0.3, -0.25) is 0 Å². The Kier molecular flexibility index (Phi) is 5.30. The average Bonchev–Trinajstić information content (AvgIpc) is 3.74. The number of aromatic nitrogens is 9. The zero-order valence-corrected chi connectivity index (χ0v) is 21.6. The second kappa shape index (κ2) is 8.97. The molecule has 0 N–H and O–H groups in total. The molecule has 0 atom stereocenters. The Morgan fingerprint density at radius 2 is 1.03 bits per heavy atom. The Morgan fingerprint density at radius 3 is 1.45 bits per heavy atom. The Labute approximate surface area is 223 Å². The van der Waals surface area contributed by atoms with Gasteiger partial charge in [0.2, 0.25) is 9.92 Å². The van der Waals surface area contributed by atoms with Gasteiger partial charge in [-0.25, -0.2) is 4.98 Å². The highest BCUT2D eigenvalue weighted by Crippen LogP contribution is 2.31. The number of hydrogen-bond donors (Lipinski definition) is 0. The lowest BCUT2D eigenvalue weighted by Gasteiger charge is -2.01. The molecule has 0 aliphatic carbocycles. The lowest BCUT2D eigenvalue weighted by Crippen LogP contribution is -1.94. The first-order valence-corrected chi connectivity index (χ1v) is 13.0. The standard InChI is InChI=1S/C25H17N9O2S2/c1-35-16-10-6-14(7-11-16)20-27-29-24-33(20)31-22(37-24)18-4-3-5-19(26-18)23-32-34-21(28-30-25(34)38-23)15-8-12-17(36-2)13-9-15/h3-13H,1-2H3. The molecule has 0 radical (unpaired) electrons. The van der Waals surface area contributed by atoms with E-state index in [1.165, 1.54) is 22.7 Å². The molecule has 7 aromatic rings. The van der Waals surface area contributed by atoms with Gasteiger partial charge in [0.05, 0.1) is 14.2 Å². The van der Waals surface area contributed by atoms with Crippen LogP contribution in [0.15, 0.2) is 66.7 Å². The van der Waals surface area contributed by atoms with E-state index in [2.05, 4.69) is 20.4 Å². The number of benzene rings is 2. The molecular formula is C25H17N9O2S2. The third-order valence-electron chi connectivity index (χ3n) is 5.87. The van der Waals surface area contributed by atoms with E-state index in [4.69, 9.17) is 24.7 Å². The predicted molar refractivity (Wildman–Crippen MR) is 144 cm³/mol. The van der Waals surface area contributed by atoms with Crippen LogP contribution in [-0.2, 0) is 0 Å². The molecule has 0 spiro atoms. The van der Waals surface area contributed by atoms with E-state index < -0.39 is 0 Å². The van der Waals surface area contributed by atoms with E-state index in [0.29, 0.717) is 21.6 Å². The molecule has 0 aliphatic rings. The highest BCUT2D eigenvalue weighted by atomic mass is 32.1. The average molecular weight is 540 g/mol. The number of nitrogens with zero attached hydrogens (tertiary/aromatic N) is 9. The van der Waals surface area contributed by atoms with Crippen molar-refractivity contribution in [3.63, 3.8) is 0 Å². The van der Waals surface area contributed by atoms with E-state index in [0.717, 1.165) is 44.0 Å². The quantitative estimate of drug-likeness (QED) is 0.295. The van der Waals surface area contributed by atoms with Gasteiger partial charge in [-0.1, -0.05) is 28.7 Å². The molecule has 0 unspecified atom stereocenters. The second-order valence-corrected chi connectivity index (χ2v) is 10.0. The molecule has 0 amide bonds. The van der Waals surface area contributed by atoms with Crippen LogP contribution in [0.25, 0.3) is 54.1 Å². The minimum Gasteiger partial charge on any atom is -0.497 e. The molecular weight excluding hydrogens is 522 g/mol. The predicted octanol–water partition coefficient (Wildman–Crippen LogP) is 4.77. The summed E-state index contributed by atoms with van der Waals surface area (Å²) in [5, 5.41) is 28.2. The fourth-order valence-corrected chi connectivity index (χ4v) is 5.57. The first kappa shape index (κ1) is 22.4. The van der Waals surface area contributed by atoms with Gasteiger partial charge >= 0.3 is 0 Å². The van der Waals surface area contributed by atoms with E-state index in [1.807, 2.05) is 66.7 Å². The van der Waals surface area contributed by atoms with Crippen molar-refractivity contribution in [3.05, 3.63) is 66.7 Å². The van der Waals surface area contributed by atoms with Crippen LogP contribution in [-0.4, -0.2) is 58.8 Å². The van der Waals surface area contributed by atoms with E-state index in [1.54, 1.807) is 23.3 Å². The molecule has 0 saturated heterocycles. The van der Waals surface area contributed by atoms with Crippen LogP contribution >= 0.6 is 22.7 Å². The summed E-state index contributed by atoms with van der Waals surface area (Å²) < 4.78 is 14.0. The van der Waals surface area contributed by atoms with Gasteiger partial charge in [-0.2, -0.15) is 19.2 Å². The van der Waals surface area contributed by atoms with Crippen molar-refractivity contribution in [2.75, 3.05) is 14.2 Å². The van der Waals surface area contributed by atoms with E-state index >= 15 is 0 Å². The summed E-state index contributed by atoms with van der Waals surface area (Å²) in [5.41, 5.74) is 3.23. The first-order chi connectivity index (χ1) is 18.7. The van der Waals surface area contributed by atoms with Gasteiger partial charge in [-0.05, 0) is 60.7 Å². The topological polar surface area (TPSA) is 118 Å². The lowest BCUT2D eigenvalue weighted by molar-refractivity contribution is 0.414. The Morgan fingerprint density at radius 1 is 0.579 bits per heavy atom. The molecule has 2 aromatic carbocycles. The summed E-state index contributed by atoms with van der Waals surface area (Å²) in [6.07, 6.45) is 0. The maximum absolute atomic E-state index is 5.25. The molecule has 0 aliphatic heterocycles. The van der Waals surface area contributed by atoms with Crippen LogP contribution in [0.4, 0.5) is 0 Å². The van der Waals surface area contributed by atoms with E-state index in [-0.39, 0.29) is 0 Å². The fourth-order valence-electron chi connectivity index (χ4n) is 3.95. The van der Waals surface area contributed by atoms with Crippen LogP contribution in [0, 0.1) is 0 Å². The van der Waals surface area contributed by atoms with E-state index in [9.17, 15) is 0 Å². The molecule has 13 heteroatoms. The van der Waals surface area contributed by atoms with Crippen LogP contribution < -0.4 is 9.47 Å². The van der Waals surface area contributed by atoms with Crippen molar-refractivity contribution >= 4 is 32.6 Å². The molecule has 186 valence electrons.